The van der Waals surface area contributed by atoms with Gasteiger partial charge < -0.3 is 5.73 Å². The van der Waals surface area contributed by atoms with Gasteiger partial charge in [-0.3, -0.25) is 9.80 Å². The highest BCUT2D eigenvalue weighted by Crippen LogP contribution is 2.21. The lowest BCUT2D eigenvalue weighted by atomic mass is 9.96. The zero-order chi connectivity index (χ0) is 12.5. The highest BCUT2D eigenvalue weighted by molar-refractivity contribution is 5.82. The van der Waals surface area contributed by atoms with Crippen LogP contribution in [0.15, 0.2) is 12.1 Å². The Morgan fingerprint density at radius 2 is 1.69 bits per heavy atom. The molecule has 0 aromatic heterocycles. The molecule has 1 aromatic carbocycles. The van der Waals surface area contributed by atoms with Gasteiger partial charge in [0.15, 0.2) is 0 Å². The number of amides is 1. The molecule has 1 aromatic rings. The fourth-order valence-corrected chi connectivity index (χ4v) is 1.67. The maximum Gasteiger partial charge on any atom is 0.257 e. The van der Waals surface area contributed by atoms with Crippen molar-refractivity contribution in [3.63, 3.8) is 0 Å². The van der Waals surface area contributed by atoms with Gasteiger partial charge in [0.25, 0.3) is 5.91 Å². The second kappa shape index (κ2) is 4.63. The van der Waals surface area contributed by atoms with Crippen LogP contribution in [0.2, 0.25) is 0 Å². The van der Waals surface area contributed by atoms with E-state index in [0.717, 1.165) is 21.7 Å². The molecule has 1 unspecified atom stereocenters. The molecule has 0 aliphatic carbocycles. The van der Waals surface area contributed by atoms with Gasteiger partial charge >= 0.3 is 0 Å². The van der Waals surface area contributed by atoms with E-state index in [1.807, 2.05) is 32.9 Å². The third kappa shape index (κ3) is 2.40. The summed E-state index contributed by atoms with van der Waals surface area (Å²) in [6, 6.07) is 3.31. The van der Waals surface area contributed by atoms with Crippen molar-refractivity contribution in [3.8, 4) is 0 Å². The minimum Gasteiger partial charge on any atom is -0.316 e. The predicted octanol–water partition coefficient (Wildman–Crippen LogP) is 0.944. The van der Waals surface area contributed by atoms with Gasteiger partial charge in [0.1, 0.15) is 6.04 Å². The van der Waals surface area contributed by atoms with Crippen LogP contribution >= 0.6 is 0 Å². The molecule has 0 fully saturated rings. The number of nitrogens with zero attached hydrogens (tertiary/aromatic N) is 1. The second-order valence-electron chi connectivity index (χ2n) is 4.22. The Balaban J connectivity index is 3.14. The summed E-state index contributed by atoms with van der Waals surface area (Å²) in [5.74, 6) is 5.11. The van der Waals surface area contributed by atoms with E-state index in [2.05, 4.69) is 0 Å². The molecule has 0 saturated heterocycles. The number of rotatable bonds is 2. The zero-order valence-corrected chi connectivity index (χ0v) is 10.2. The number of hydrogen-bond acceptors (Lipinski definition) is 3. The average molecular weight is 221 g/mol. The summed E-state index contributed by atoms with van der Waals surface area (Å²) in [5.41, 5.74) is 10.1. The van der Waals surface area contributed by atoms with Gasteiger partial charge in [0.2, 0.25) is 0 Å². The SMILES string of the molecule is Cc1cc(C)c(C(N)C(=O)N(C)N)cc1C. The molecule has 0 aliphatic heterocycles. The number of aryl methyl sites for hydroxylation is 3. The number of benzene rings is 1. The molecule has 16 heavy (non-hydrogen) atoms. The van der Waals surface area contributed by atoms with Crippen molar-refractivity contribution in [2.24, 2.45) is 11.6 Å². The Morgan fingerprint density at radius 1 is 1.19 bits per heavy atom. The molecule has 0 bridgehead atoms. The number of hydrogen-bond donors (Lipinski definition) is 2. The number of hydrazine groups is 1. The Morgan fingerprint density at radius 3 is 2.19 bits per heavy atom. The topological polar surface area (TPSA) is 72.4 Å². The predicted molar refractivity (Wildman–Crippen MR) is 64.5 cm³/mol. The van der Waals surface area contributed by atoms with Gasteiger partial charge in [-0.2, -0.15) is 0 Å². The van der Waals surface area contributed by atoms with E-state index in [1.165, 1.54) is 12.6 Å². The Hall–Kier alpha value is -1.39. The quantitative estimate of drug-likeness (QED) is 0.443. The summed E-state index contributed by atoms with van der Waals surface area (Å²) >= 11 is 0. The summed E-state index contributed by atoms with van der Waals surface area (Å²) in [6.07, 6.45) is 0. The van der Waals surface area contributed by atoms with E-state index >= 15 is 0 Å². The molecule has 0 radical (unpaired) electrons. The fourth-order valence-electron chi connectivity index (χ4n) is 1.67. The van der Waals surface area contributed by atoms with Crippen molar-refractivity contribution < 1.29 is 4.79 Å². The summed E-state index contributed by atoms with van der Waals surface area (Å²) in [6.45, 7) is 5.99. The van der Waals surface area contributed by atoms with E-state index < -0.39 is 6.04 Å². The molecule has 4 heteroatoms. The molecule has 4 nitrogen and oxygen atoms in total. The van der Waals surface area contributed by atoms with Crippen molar-refractivity contribution in [2.75, 3.05) is 7.05 Å². The second-order valence-corrected chi connectivity index (χ2v) is 4.22. The van der Waals surface area contributed by atoms with E-state index in [0.29, 0.717) is 0 Å². The lowest BCUT2D eigenvalue weighted by molar-refractivity contribution is -0.131. The number of nitrogens with two attached hydrogens (primary N) is 2. The van der Waals surface area contributed by atoms with Crippen molar-refractivity contribution >= 4 is 5.91 Å². The van der Waals surface area contributed by atoms with Crippen LogP contribution in [0.25, 0.3) is 0 Å². The molecule has 0 aliphatic rings. The van der Waals surface area contributed by atoms with Crippen LogP contribution < -0.4 is 11.6 Å². The first-order valence-electron chi connectivity index (χ1n) is 5.20. The Bertz CT molecular complexity index is 413. The molecule has 1 amide bonds. The van der Waals surface area contributed by atoms with Gasteiger partial charge in [-0.1, -0.05) is 12.1 Å². The number of carbonyl (C=O) groups is 1. The molecule has 88 valence electrons. The molecular weight excluding hydrogens is 202 g/mol. The van der Waals surface area contributed by atoms with Crippen LogP contribution in [0.1, 0.15) is 28.3 Å². The maximum absolute atomic E-state index is 11.7. The molecule has 0 spiro atoms. The van der Waals surface area contributed by atoms with Crippen molar-refractivity contribution in [3.05, 3.63) is 34.4 Å². The third-order valence-corrected chi connectivity index (χ3v) is 2.83. The summed E-state index contributed by atoms with van der Waals surface area (Å²) in [7, 11) is 1.50. The smallest absolute Gasteiger partial charge is 0.257 e. The molecule has 1 atom stereocenters. The van der Waals surface area contributed by atoms with Crippen LogP contribution in [0.5, 0.6) is 0 Å². The van der Waals surface area contributed by atoms with Gasteiger partial charge in [0, 0.05) is 7.05 Å². The van der Waals surface area contributed by atoms with Crippen molar-refractivity contribution in [2.45, 2.75) is 26.8 Å². The largest absolute Gasteiger partial charge is 0.316 e. The zero-order valence-electron chi connectivity index (χ0n) is 10.2. The van der Waals surface area contributed by atoms with E-state index in [9.17, 15) is 4.79 Å². The highest BCUT2D eigenvalue weighted by atomic mass is 16.2. The van der Waals surface area contributed by atoms with Crippen LogP contribution in [-0.4, -0.2) is 18.0 Å². The van der Waals surface area contributed by atoms with Crippen LogP contribution in [-0.2, 0) is 4.79 Å². The fraction of sp³-hybridized carbons (Fsp3) is 0.417. The number of likely N-dealkylation sites (N-methyl/N-ethyl adjacent to an activating group) is 1. The highest BCUT2D eigenvalue weighted by Gasteiger charge is 2.20. The third-order valence-electron chi connectivity index (χ3n) is 2.83. The normalized spacial score (nSPS) is 12.4. The van der Waals surface area contributed by atoms with Crippen molar-refractivity contribution in [1.29, 1.82) is 0 Å². The Kier molecular flexibility index (Phi) is 3.67. The van der Waals surface area contributed by atoms with E-state index in [4.69, 9.17) is 11.6 Å². The minimum atomic E-state index is -0.686. The summed E-state index contributed by atoms with van der Waals surface area (Å²) in [4.78, 5) is 11.7. The lowest BCUT2D eigenvalue weighted by Crippen LogP contribution is -2.40. The maximum atomic E-state index is 11.7. The van der Waals surface area contributed by atoms with Gasteiger partial charge in [-0.25, -0.2) is 5.84 Å². The van der Waals surface area contributed by atoms with Crippen molar-refractivity contribution in [1.82, 2.24) is 5.01 Å². The molecule has 4 N–H and O–H groups in total. The molecular formula is C12H19N3O. The number of carbonyl (C=O) groups excluding carboxylic acids is 1. The van der Waals surface area contributed by atoms with Crippen LogP contribution in [0.3, 0.4) is 0 Å². The van der Waals surface area contributed by atoms with E-state index in [-0.39, 0.29) is 5.91 Å². The van der Waals surface area contributed by atoms with Gasteiger partial charge in [0.05, 0.1) is 0 Å². The lowest BCUT2D eigenvalue weighted by Gasteiger charge is -2.19. The average Bonchev–Trinajstić information content (AvgIpc) is 2.21. The van der Waals surface area contributed by atoms with Crippen LogP contribution in [0.4, 0.5) is 0 Å². The minimum absolute atomic E-state index is 0.286. The molecule has 1 rings (SSSR count). The van der Waals surface area contributed by atoms with Gasteiger partial charge in [-0.05, 0) is 43.0 Å². The molecule has 0 heterocycles. The van der Waals surface area contributed by atoms with Gasteiger partial charge in [-0.15, -0.1) is 0 Å². The molecule has 0 saturated carbocycles. The van der Waals surface area contributed by atoms with E-state index in [1.54, 1.807) is 0 Å². The summed E-state index contributed by atoms with van der Waals surface area (Å²) in [5, 5.41) is 1.03. The van der Waals surface area contributed by atoms with Crippen LogP contribution in [0, 0.1) is 20.8 Å². The first-order chi connectivity index (χ1) is 7.34. The first-order valence-corrected chi connectivity index (χ1v) is 5.20. The Labute approximate surface area is 96.2 Å². The monoisotopic (exact) mass is 221 g/mol. The standard InChI is InChI=1S/C12H19N3O/c1-7-5-9(3)10(6-8(7)2)11(13)12(16)15(4)14/h5-6,11H,13-14H2,1-4H3. The first kappa shape index (κ1) is 12.7. The summed E-state index contributed by atoms with van der Waals surface area (Å²) < 4.78 is 0.